The molecule has 0 saturated carbocycles. The summed E-state index contributed by atoms with van der Waals surface area (Å²) < 4.78 is 16.2. The first-order valence-electron chi connectivity index (χ1n) is 7.80. The van der Waals surface area contributed by atoms with Gasteiger partial charge in [0.2, 0.25) is 0 Å². The highest BCUT2D eigenvalue weighted by Gasteiger charge is 2.18. The first-order chi connectivity index (χ1) is 13.0. The van der Waals surface area contributed by atoms with E-state index in [0.717, 1.165) is 0 Å². The first-order valence-corrected chi connectivity index (χ1v) is 8.55. The molecule has 0 fully saturated rings. The van der Waals surface area contributed by atoms with Crippen molar-refractivity contribution < 1.29 is 18.7 Å². The van der Waals surface area contributed by atoms with Gasteiger partial charge < -0.3 is 13.9 Å². The van der Waals surface area contributed by atoms with Gasteiger partial charge in [-0.05, 0) is 18.2 Å². The van der Waals surface area contributed by atoms with E-state index in [-0.39, 0.29) is 32.9 Å². The molecule has 1 aromatic carbocycles. The molecule has 0 spiro atoms. The van der Waals surface area contributed by atoms with E-state index in [9.17, 15) is 4.79 Å². The van der Waals surface area contributed by atoms with Crippen LogP contribution < -0.4 is 14.8 Å². The number of fused-ring (bicyclic) bond motifs is 1. The van der Waals surface area contributed by atoms with Crippen molar-refractivity contribution in [2.24, 2.45) is 0 Å². The van der Waals surface area contributed by atoms with Crippen LogP contribution in [-0.2, 0) is 6.42 Å². The third-order valence-corrected chi connectivity index (χ3v) is 4.28. The number of aryl methyl sites for hydroxylation is 1. The molecule has 1 N–H and O–H groups in total. The van der Waals surface area contributed by atoms with Crippen LogP contribution in [0.25, 0.3) is 11.0 Å². The van der Waals surface area contributed by atoms with Gasteiger partial charge in [0.1, 0.15) is 5.76 Å². The van der Waals surface area contributed by atoms with Crippen molar-refractivity contribution >= 4 is 46.0 Å². The van der Waals surface area contributed by atoms with Gasteiger partial charge in [-0.15, -0.1) is 0 Å². The van der Waals surface area contributed by atoms with Crippen molar-refractivity contribution in [2.45, 2.75) is 13.3 Å². The van der Waals surface area contributed by atoms with Crippen LogP contribution in [0.3, 0.4) is 0 Å². The lowest BCUT2D eigenvalue weighted by molar-refractivity contribution is 0.215. The van der Waals surface area contributed by atoms with Crippen molar-refractivity contribution in [3.05, 3.63) is 45.8 Å². The number of hydrogen-bond donors (Lipinski definition) is 1. The van der Waals surface area contributed by atoms with E-state index < -0.39 is 6.09 Å². The Kier molecular flexibility index (Phi) is 5.40. The average Bonchev–Trinajstić information content (AvgIpc) is 3.09. The first kappa shape index (κ1) is 18.8. The largest absolute Gasteiger partial charge is 0.478 e. The van der Waals surface area contributed by atoms with Crippen LogP contribution in [0, 0.1) is 11.3 Å². The molecule has 2 aromatic heterocycles. The number of pyridine rings is 1. The molecule has 0 aliphatic carbocycles. The number of halogens is 2. The smallest absolute Gasteiger partial charge is 0.417 e. The number of nitrogens with zero attached hydrogens (tertiary/aromatic N) is 2. The zero-order chi connectivity index (χ0) is 19.6. The van der Waals surface area contributed by atoms with Crippen LogP contribution in [0.4, 0.5) is 10.5 Å². The fraction of sp³-hybridized carbons (Fsp3) is 0.167. The Morgan fingerprint density at radius 2 is 2.04 bits per heavy atom. The number of amides is 1. The standard InChI is InChI=1S/C18H13Cl2N3O4/c1-3-10-6-11-14(8-22-17(25-2)16(11)26-10)27-18(24)23-15-12(19)4-9(7-21)5-13(15)20/h4-6,8H,3H2,1-2H3,(H,23,24). The predicted octanol–water partition coefficient (Wildman–Crippen LogP) is 5.19. The zero-order valence-corrected chi connectivity index (χ0v) is 15.8. The quantitative estimate of drug-likeness (QED) is 0.641. The maximum absolute atomic E-state index is 12.3. The van der Waals surface area contributed by atoms with Crippen LogP contribution in [0.2, 0.25) is 10.0 Å². The minimum absolute atomic E-state index is 0.116. The number of carbonyl (C=O) groups excluding carboxylic acids is 1. The molecule has 0 aliphatic rings. The zero-order valence-electron chi connectivity index (χ0n) is 14.3. The van der Waals surface area contributed by atoms with E-state index in [1.807, 2.05) is 13.0 Å². The van der Waals surface area contributed by atoms with Gasteiger partial charge >= 0.3 is 6.09 Å². The summed E-state index contributed by atoms with van der Waals surface area (Å²) >= 11 is 12.1. The Balaban J connectivity index is 1.89. The van der Waals surface area contributed by atoms with Crippen LogP contribution in [0.5, 0.6) is 11.6 Å². The molecule has 0 unspecified atom stereocenters. The minimum atomic E-state index is -0.823. The highest BCUT2D eigenvalue weighted by Crippen LogP contribution is 2.35. The van der Waals surface area contributed by atoms with Crippen LogP contribution in [-0.4, -0.2) is 18.2 Å². The summed E-state index contributed by atoms with van der Waals surface area (Å²) in [4.78, 5) is 16.4. The number of furan rings is 1. The number of methoxy groups -OCH3 is 1. The molecule has 2 heterocycles. The number of nitrogens with one attached hydrogen (secondary N) is 1. The van der Waals surface area contributed by atoms with Gasteiger partial charge in [0.05, 0.1) is 46.1 Å². The maximum atomic E-state index is 12.3. The van der Waals surface area contributed by atoms with Gasteiger partial charge in [-0.1, -0.05) is 30.1 Å². The summed E-state index contributed by atoms with van der Waals surface area (Å²) in [6.45, 7) is 1.93. The van der Waals surface area contributed by atoms with Gasteiger partial charge in [0, 0.05) is 6.42 Å². The second-order valence-electron chi connectivity index (χ2n) is 5.38. The van der Waals surface area contributed by atoms with Gasteiger partial charge in [-0.25, -0.2) is 9.78 Å². The molecule has 0 saturated heterocycles. The van der Waals surface area contributed by atoms with Crippen molar-refractivity contribution in [3.8, 4) is 17.7 Å². The number of nitriles is 1. The van der Waals surface area contributed by atoms with Gasteiger partial charge in [0.25, 0.3) is 5.88 Å². The average molecular weight is 406 g/mol. The normalized spacial score (nSPS) is 10.5. The molecular weight excluding hydrogens is 393 g/mol. The molecule has 0 atom stereocenters. The lowest BCUT2D eigenvalue weighted by Crippen LogP contribution is -2.17. The van der Waals surface area contributed by atoms with Gasteiger partial charge in [-0.3, -0.25) is 5.32 Å². The van der Waals surface area contributed by atoms with Crippen molar-refractivity contribution in [1.29, 1.82) is 5.26 Å². The number of rotatable bonds is 4. The van der Waals surface area contributed by atoms with E-state index in [0.29, 0.717) is 23.2 Å². The van der Waals surface area contributed by atoms with Gasteiger partial charge in [0.15, 0.2) is 11.3 Å². The summed E-state index contributed by atoms with van der Waals surface area (Å²) in [5, 5.41) is 12.2. The topological polar surface area (TPSA) is 97.4 Å². The molecule has 0 bridgehead atoms. The molecule has 138 valence electrons. The summed E-state index contributed by atoms with van der Waals surface area (Å²) in [7, 11) is 1.47. The Morgan fingerprint density at radius 1 is 1.33 bits per heavy atom. The lowest BCUT2D eigenvalue weighted by atomic mass is 10.2. The molecule has 0 radical (unpaired) electrons. The van der Waals surface area contributed by atoms with Crippen LogP contribution in [0.1, 0.15) is 18.2 Å². The summed E-state index contributed by atoms with van der Waals surface area (Å²) in [6, 6.07) is 6.46. The Morgan fingerprint density at radius 3 is 2.63 bits per heavy atom. The van der Waals surface area contributed by atoms with Crippen LogP contribution in [0.15, 0.2) is 28.8 Å². The number of aromatic nitrogens is 1. The fourth-order valence-electron chi connectivity index (χ4n) is 2.41. The number of benzene rings is 1. The van der Waals surface area contributed by atoms with Crippen molar-refractivity contribution in [2.75, 3.05) is 12.4 Å². The molecular formula is C18H13Cl2N3O4. The summed E-state index contributed by atoms with van der Waals surface area (Å²) in [5.74, 6) is 1.17. The van der Waals surface area contributed by atoms with Crippen molar-refractivity contribution in [1.82, 2.24) is 4.98 Å². The van der Waals surface area contributed by atoms with Crippen LogP contribution >= 0.6 is 23.2 Å². The number of carbonyl (C=O) groups is 1. The molecule has 0 aliphatic heterocycles. The van der Waals surface area contributed by atoms with E-state index in [1.54, 1.807) is 6.07 Å². The minimum Gasteiger partial charge on any atom is -0.478 e. The molecule has 3 rings (SSSR count). The monoisotopic (exact) mass is 405 g/mol. The third-order valence-electron chi connectivity index (χ3n) is 3.68. The summed E-state index contributed by atoms with van der Waals surface area (Å²) in [6.07, 6.45) is 1.19. The Hall–Kier alpha value is -2.95. The molecule has 7 nitrogen and oxygen atoms in total. The SMILES string of the molecule is CCc1cc2c(OC(=O)Nc3c(Cl)cc(C#N)cc3Cl)cnc(OC)c2o1. The highest BCUT2D eigenvalue weighted by atomic mass is 35.5. The number of anilines is 1. The van der Waals surface area contributed by atoms with E-state index in [4.69, 9.17) is 42.4 Å². The number of hydrogen-bond acceptors (Lipinski definition) is 6. The third kappa shape index (κ3) is 3.77. The molecule has 9 heteroatoms. The number of ether oxygens (including phenoxy) is 2. The second kappa shape index (κ2) is 7.74. The van der Waals surface area contributed by atoms with E-state index in [1.165, 1.54) is 25.4 Å². The summed E-state index contributed by atoms with van der Waals surface area (Å²) in [5.41, 5.74) is 0.797. The maximum Gasteiger partial charge on any atom is 0.417 e. The Labute approximate surface area is 164 Å². The van der Waals surface area contributed by atoms with E-state index in [2.05, 4.69) is 10.3 Å². The Bertz CT molecular complexity index is 1050. The predicted molar refractivity (Wildman–Crippen MR) is 101 cm³/mol. The second-order valence-corrected chi connectivity index (χ2v) is 6.20. The highest BCUT2D eigenvalue weighted by molar-refractivity contribution is 6.39. The fourth-order valence-corrected chi connectivity index (χ4v) is 3.00. The lowest BCUT2D eigenvalue weighted by Gasteiger charge is -2.11. The molecule has 27 heavy (non-hydrogen) atoms. The molecule has 1 amide bonds. The van der Waals surface area contributed by atoms with Gasteiger partial charge in [-0.2, -0.15) is 5.26 Å². The molecule has 3 aromatic rings. The van der Waals surface area contributed by atoms with Crippen molar-refractivity contribution in [3.63, 3.8) is 0 Å². The van der Waals surface area contributed by atoms with E-state index >= 15 is 0 Å².